The highest BCUT2D eigenvalue weighted by atomic mass is 19.3. The fourth-order valence-electron chi connectivity index (χ4n) is 3.26. The summed E-state index contributed by atoms with van der Waals surface area (Å²) in [6.07, 6.45) is 5.34. The Hall–Kier alpha value is -0.140. The molecule has 2 saturated carbocycles. The van der Waals surface area contributed by atoms with Crippen molar-refractivity contribution in [1.29, 1.82) is 0 Å². The molecule has 0 saturated heterocycles. The number of alkyl halides is 2. The highest BCUT2D eigenvalue weighted by molar-refractivity contribution is 4.89. The van der Waals surface area contributed by atoms with Crippen LogP contribution in [0.5, 0.6) is 0 Å². The summed E-state index contributed by atoms with van der Waals surface area (Å²) in [4.78, 5) is 0. The van der Waals surface area contributed by atoms with Crippen molar-refractivity contribution in [2.45, 2.75) is 58.3 Å². The Morgan fingerprint density at radius 1 is 1.20 bits per heavy atom. The topological polar surface area (TPSA) is 0 Å². The summed E-state index contributed by atoms with van der Waals surface area (Å²) in [5, 5.41) is 0. The summed E-state index contributed by atoms with van der Waals surface area (Å²) in [6.45, 7) is 4.51. The van der Waals surface area contributed by atoms with Gasteiger partial charge in [0.25, 0.3) is 0 Å². The van der Waals surface area contributed by atoms with Gasteiger partial charge in [-0.25, -0.2) is 8.78 Å². The van der Waals surface area contributed by atoms with Gasteiger partial charge in [0.2, 0.25) is 5.92 Å². The van der Waals surface area contributed by atoms with Gasteiger partial charge in [-0.05, 0) is 42.9 Å². The van der Waals surface area contributed by atoms with Crippen molar-refractivity contribution >= 4 is 0 Å². The molecule has 0 aromatic rings. The average Bonchev–Trinajstić information content (AvgIpc) is 1.98. The van der Waals surface area contributed by atoms with E-state index in [1.807, 2.05) is 0 Å². The molecule has 0 aromatic heterocycles. The van der Waals surface area contributed by atoms with Crippen LogP contribution in [0.2, 0.25) is 0 Å². The summed E-state index contributed by atoms with van der Waals surface area (Å²) in [7, 11) is 0. The first-order chi connectivity index (χ1) is 7.00. The molecule has 88 valence electrons. The summed E-state index contributed by atoms with van der Waals surface area (Å²) in [5.41, 5.74) is 0. The number of hydrogen-bond donors (Lipinski definition) is 0. The summed E-state index contributed by atoms with van der Waals surface area (Å²) >= 11 is 0. The SMILES string of the molecule is CCC1CC(C(C)CC2CC(F)(F)C2)C1. The van der Waals surface area contributed by atoms with E-state index >= 15 is 0 Å². The lowest BCUT2D eigenvalue weighted by atomic mass is 9.64. The van der Waals surface area contributed by atoms with E-state index in [9.17, 15) is 8.78 Å². The van der Waals surface area contributed by atoms with Gasteiger partial charge in [-0.15, -0.1) is 0 Å². The van der Waals surface area contributed by atoms with E-state index in [1.54, 1.807) is 0 Å². The molecule has 0 aromatic carbocycles. The fraction of sp³-hybridized carbons (Fsp3) is 1.00. The minimum Gasteiger partial charge on any atom is -0.207 e. The van der Waals surface area contributed by atoms with Crippen LogP contribution >= 0.6 is 0 Å². The van der Waals surface area contributed by atoms with Crippen molar-refractivity contribution in [3.63, 3.8) is 0 Å². The molecule has 0 nitrogen and oxygen atoms in total. The number of rotatable bonds is 4. The van der Waals surface area contributed by atoms with Crippen LogP contribution < -0.4 is 0 Å². The Morgan fingerprint density at radius 3 is 2.27 bits per heavy atom. The van der Waals surface area contributed by atoms with Crippen molar-refractivity contribution < 1.29 is 8.78 Å². The van der Waals surface area contributed by atoms with Gasteiger partial charge >= 0.3 is 0 Å². The zero-order chi connectivity index (χ0) is 11.1. The largest absolute Gasteiger partial charge is 0.248 e. The van der Waals surface area contributed by atoms with Gasteiger partial charge in [-0.1, -0.05) is 20.3 Å². The van der Waals surface area contributed by atoms with Gasteiger partial charge in [0, 0.05) is 12.8 Å². The van der Waals surface area contributed by atoms with Crippen LogP contribution in [0.3, 0.4) is 0 Å². The monoisotopic (exact) mass is 216 g/mol. The zero-order valence-corrected chi connectivity index (χ0v) is 9.81. The third kappa shape index (κ3) is 2.51. The van der Waals surface area contributed by atoms with Crippen LogP contribution in [0.25, 0.3) is 0 Å². The van der Waals surface area contributed by atoms with Gasteiger partial charge in [0.15, 0.2) is 0 Å². The summed E-state index contributed by atoms with van der Waals surface area (Å²) < 4.78 is 25.3. The molecule has 0 spiro atoms. The van der Waals surface area contributed by atoms with E-state index < -0.39 is 5.92 Å². The van der Waals surface area contributed by atoms with Crippen molar-refractivity contribution in [2.75, 3.05) is 0 Å². The molecule has 1 atom stereocenters. The molecule has 2 rings (SSSR count). The molecule has 0 aliphatic heterocycles. The van der Waals surface area contributed by atoms with Crippen LogP contribution in [0, 0.1) is 23.7 Å². The molecule has 2 aliphatic carbocycles. The van der Waals surface area contributed by atoms with E-state index in [4.69, 9.17) is 0 Å². The van der Waals surface area contributed by atoms with Crippen molar-refractivity contribution in [2.24, 2.45) is 23.7 Å². The number of halogens is 2. The van der Waals surface area contributed by atoms with Crippen molar-refractivity contribution in [1.82, 2.24) is 0 Å². The molecule has 2 fully saturated rings. The Bertz CT molecular complexity index is 211. The maximum Gasteiger partial charge on any atom is 0.248 e. The predicted molar refractivity (Wildman–Crippen MR) is 58.0 cm³/mol. The third-order valence-corrected chi connectivity index (χ3v) is 4.53. The lowest BCUT2D eigenvalue weighted by Crippen LogP contribution is -2.38. The standard InChI is InChI=1S/C13H22F2/c1-3-10-5-12(6-10)9(2)4-11-7-13(14,15)8-11/h9-12H,3-8H2,1-2H3. The minimum absolute atomic E-state index is 0.154. The molecule has 2 aliphatic rings. The smallest absolute Gasteiger partial charge is 0.207 e. The fourth-order valence-corrected chi connectivity index (χ4v) is 3.26. The van der Waals surface area contributed by atoms with Crippen LogP contribution in [0.1, 0.15) is 52.4 Å². The normalized spacial score (nSPS) is 36.8. The molecule has 15 heavy (non-hydrogen) atoms. The average molecular weight is 216 g/mol. The molecular formula is C13H22F2. The second-order valence-corrected chi connectivity index (χ2v) is 5.85. The first kappa shape index (κ1) is 11.3. The maximum absolute atomic E-state index is 12.7. The molecule has 2 heteroatoms. The van der Waals surface area contributed by atoms with Crippen LogP contribution in [-0.4, -0.2) is 5.92 Å². The lowest BCUT2D eigenvalue weighted by Gasteiger charge is -2.43. The second-order valence-electron chi connectivity index (χ2n) is 5.85. The molecule has 0 radical (unpaired) electrons. The minimum atomic E-state index is -2.32. The van der Waals surface area contributed by atoms with E-state index in [1.165, 1.54) is 19.3 Å². The van der Waals surface area contributed by atoms with Crippen molar-refractivity contribution in [3.05, 3.63) is 0 Å². The van der Waals surface area contributed by atoms with Crippen molar-refractivity contribution in [3.8, 4) is 0 Å². The Labute approximate surface area is 91.4 Å². The van der Waals surface area contributed by atoms with Crippen LogP contribution in [0.15, 0.2) is 0 Å². The van der Waals surface area contributed by atoms with Gasteiger partial charge in [-0.2, -0.15) is 0 Å². The molecular weight excluding hydrogens is 194 g/mol. The van der Waals surface area contributed by atoms with E-state index in [0.29, 0.717) is 11.8 Å². The first-order valence-electron chi connectivity index (χ1n) is 6.38. The van der Waals surface area contributed by atoms with E-state index in [2.05, 4.69) is 13.8 Å². The molecule has 0 amide bonds. The van der Waals surface area contributed by atoms with Gasteiger partial charge in [-0.3, -0.25) is 0 Å². The molecule has 0 heterocycles. The Balaban J connectivity index is 1.64. The molecule has 1 unspecified atom stereocenters. The zero-order valence-electron chi connectivity index (χ0n) is 9.81. The lowest BCUT2D eigenvalue weighted by molar-refractivity contribution is -0.118. The Morgan fingerprint density at radius 2 is 1.80 bits per heavy atom. The number of hydrogen-bond acceptors (Lipinski definition) is 0. The molecule has 0 bridgehead atoms. The first-order valence-corrected chi connectivity index (χ1v) is 6.38. The summed E-state index contributed by atoms with van der Waals surface area (Å²) in [6, 6.07) is 0. The quantitative estimate of drug-likeness (QED) is 0.649. The van der Waals surface area contributed by atoms with Gasteiger partial charge < -0.3 is 0 Å². The second kappa shape index (κ2) is 4.03. The van der Waals surface area contributed by atoms with Crippen LogP contribution in [0.4, 0.5) is 8.78 Å². The Kier molecular flexibility index (Phi) is 3.05. The highest BCUT2D eigenvalue weighted by Crippen LogP contribution is 2.49. The third-order valence-electron chi connectivity index (χ3n) is 4.53. The van der Waals surface area contributed by atoms with E-state index in [0.717, 1.165) is 18.3 Å². The van der Waals surface area contributed by atoms with Gasteiger partial charge in [0.05, 0.1) is 0 Å². The highest BCUT2D eigenvalue weighted by Gasteiger charge is 2.46. The predicted octanol–water partition coefficient (Wildman–Crippen LogP) is 4.49. The van der Waals surface area contributed by atoms with Crippen LogP contribution in [-0.2, 0) is 0 Å². The van der Waals surface area contributed by atoms with E-state index in [-0.39, 0.29) is 12.8 Å². The molecule has 0 N–H and O–H groups in total. The maximum atomic E-state index is 12.7. The van der Waals surface area contributed by atoms with Gasteiger partial charge in [0.1, 0.15) is 0 Å². The summed E-state index contributed by atoms with van der Waals surface area (Å²) in [5.74, 6) is 0.435.